The number of aromatic nitrogens is 1. The van der Waals surface area contributed by atoms with Crippen molar-refractivity contribution in [3.05, 3.63) is 64.5 Å². The molecule has 0 saturated heterocycles. The average molecular weight is 342 g/mol. The van der Waals surface area contributed by atoms with Crippen LogP contribution in [0.4, 0.5) is 15.8 Å². The second-order valence-corrected chi connectivity index (χ2v) is 5.28. The van der Waals surface area contributed by atoms with Gasteiger partial charge in [0.1, 0.15) is 11.9 Å². The summed E-state index contributed by atoms with van der Waals surface area (Å²) in [5.41, 5.74) is 2.39. The predicted molar refractivity (Wildman–Crippen MR) is 83.8 cm³/mol. The minimum Gasteiger partial charge on any atom is -0.354 e. The molecule has 102 valence electrons. The zero-order valence-electron chi connectivity index (χ0n) is 10.8. The SMILES string of the molecule is N#Cc1cnc2ccccc2c1Nc1ccc(Br)c(F)c1. The number of anilines is 2. The smallest absolute Gasteiger partial charge is 0.139 e. The van der Waals surface area contributed by atoms with Crippen LogP contribution in [0.2, 0.25) is 0 Å². The molecule has 0 unspecified atom stereocenters. The van der Waals surface area contributed by atoms with Crippen LogP contribution in [0.15, 0.2) is 53.1 Å². The van der Waals surface area contributed by atoms with E-state index in [-0.39, 0.29) is 5.82 Å². The largest absolute Gasteiger partial charge is 0.354 e. The van der Waals surface area contributed by atoms with Crippen LogP contribution in [-0.2, 0) is 0 Å². The highest BCUT2D eigenvalue weighted by Gasteiger charge is 2.09. The molecular weight excluding hydrogens is 333 g/mol. The number of halogens is 2. The number of hydrogen-bond donors (Lipinski definition) is 1. The molecule has 0 spiro atoms. The van der Waals surface area contributed by atoms with E-state index in [1.54, 1.807) is 12.1 Å². The maximum Gasteiger partial charge on any atom is 0.139 e. The average Bonchev–Trinajstić information content (AvgIpc) is 2.51. The molecular formula is C16H9BrFN3. The molecule has 21 heavy (non-hydrogen) atoms. The summed E-state index contributed by atoms with van der Waals surface area (Å²) in [5.74, 6) is -0.364. The van der Waals surface area contributed by atoms with Gasteiger partial charge in [0.05, 0.1) is 21.2 Å². The summed E-state index contributed by atoms with van der Waals surface area (Å²) in [7, 11) is 0. The van der Waals surface area contributed by atoms with Crippen molar-refractivity contribution in [1.29, 1.82) is 5.26 Å². The van der Waals surface area contributed by atoms with Crippen molar-refractivity contribution in [1.82, 2.24) is 4.98 Å². The number of benzene rings is 2. The lowest BCUT2D eigenvalue weighted by molar-refractivity contribution is 0.622. The normalized spacial score (nSPS) is 10.3. The van der Waals surface area contributed by atoms with Crippen LogP contribution >= 0.6 is 15.9 Å². The highest BCUT2D eigenvalue weighted by molar-refractivity contribution is 9.10. The number of rotatable bonds is 2. The predicted octanol–water partition coefficient (Wildman–Crippen LogP) is 4.75. The Bertz CT molecular complexity index is 871. The van der Waals surface area contributed by atoms with E-state index in [9.17, 15) is 9.65 Å². The summed E-state index contributed by atoms with van der Waals surface area (Å²) in [6.45, 7) is 0. The molecule has 3 aromatic rings. The highest BCUT2D eigenvalue weighted by Crippen LogP contribution is 2.29. The minimum atomic E-state index is -0.364. The van der Waals surface area contributed by atoms with Crippen molar-refractivity contribution < 1.29 is 4.39 Å². The van der Waals surface area contributed by atoms with E-state index in [0.717, 1.165) is 10.9 Å². The van der Waals surface area contributed by atoms with Crippen molar-refractivity contribution in [3.63, 3.8) is 0 Å². The fourth-order valence-electron chi connectivity index (χ4n) is 2.08. The topological polar surface area (TPSA) is 48.7 Å². The Kier molecular flexibility index (Phi) is 3.55. The van der Waals surface area contributed by atoms with Gasteiger partial charge in [-0.25, -0.2) is 4.39 Å². The van der Waals surface area contributed by atoms with E-state index < -0.39 is 0 Å². The lowest BCUT2D eigenvalue weighted by atomic mass is 10.1. The second kappa shape index (κ2) is 5.51. The summed E-state index contributed by atoms with van der Waals surface area (Å²) in [5, 5.41) is 13.2. The first-order valence-electron chi connectivity index (χ1n) is 6.19. The van der Waals surface area contributed by atoms with Gasteiger partial charge in [0.25, 0.3) is 0 Å². The van der Waals surface area contributed by atoms with E-state index in [4.69, 9.17) is 0 Å². The van der Waals surface area contributed by atoms with Crippen LogP contribution in [0.1, 0.15) is 5.56 Å². The Balaban J connectivity index is 2.14. The Morgan fingerprint density at radius 3 is 2.76 bits per heavy atom. The molecule has 0 radical (unpaired) electrons. The molecule has 5 heteroatoms. The Hall–Kier alpha value is -2.45. The van der Waals surface area contributed by atoms with Crippen LogP contribution in [0.25, 0.3) is 10.9 Å². The summed E-state index contributed by atoms with van der Waals surface area (Å²) >= 11 is 3.12. The quantitative estimate of drug-likeness (QED) is 0.731. The van der Waals surface area contributed by atoms with Crippen LogP contribution in [0, 0.1) is 17.1 Å². The summed E-state index contributed by atoms with van der Waals surface area (Å²) in [4.78, 5) is 4.24. The molecule has 1 aromatic heterocycles. The van der Waals surface area contributed by atoms with E-state index in [1.807, 2.05) is 24.3 Å². The number of pyridine rings is 1. The molecule has 3 rings (SSSR count). The Morgan fingerprint density at radius 2 is 2.00 bits per heavy atom. The van der Waals surface area contributed by atoms with Crippen molar-refractivity contribution in [2.24, 2.45) is 0 Å². The van der Waals surface area contributed by atoms with Gasteiger partial charge in [-0.05, 0) is 40.2 Å². The zero-order valence-corrected chi connectivity index (χ0v) is 12.4. The number of fused-ring (bicyclic) bond motifs is 1. The van der Waals surface area contributed by atoms with E-state index in [1.165, 1.54) is 12.3 Å². The molecule has 0 aliphatic rings. The molecule has 1 heterocycles. The molecule has 1 N–H and O–H groups in total. The maximum atomic E-state index is 13.6. The van der Waals surface area contributed by atoms with Gasteiger partial charge < -0.3 is 5.32 Å². The number of nitrogens with one attached hydrogen (secondary N) is 1. The standard InChI is InChI=1S/C16H9BrFN3/c17-13-6-5-11(7-14(13)18)21-16-10(8-19)9-20-15-4-2-1-3-12(15)16/h1-7,9H,(H,20,21). The maximum absolute atomic E-state index is 13.6. The highest BCUT2D eigenvalue weighted by atomic mass is 79.9. The molecule has 0 fully saturated rings. The Morgan fingerprint density at radius 1 is 1.19 bits per heavy atom. The third-order valence-electron chi connectivity index (χ3n) is 3.08. The van der Waals surface area contributed by atoms with E-state index >= 15 is 0 Å². The Labute approximate surface area is 129 Å². The van der Waals surface area contributed by atoms with Crippen LogP contribution in [0.5, 0.6) is 0 Å². The summed E-state index contributed by atoms with van der Waals surface area (Å²) < 4.78 is 14.0. The second-order valence-electron chi connectivity index (χ2n) is 4.43. The van der Waals surface area contributed by atoms with Gasteiger partial charge in [0.15, 0.2) is 0 Å². The van der Waals surface area contributed by atoms with Crippen LogP contribution < -0.4 is 5.32 Å². The number of hydrogen-bond acceptors (Lipinski definition) is 3. The van der Waals surface area contributed by atoms with Crippen molar-refractivity contribution >= 4 is 38.2 Å². The molecule has 0 amide bonds. The fraction of sp³-hybridized carbons (Fsp3) is 0. The molecule has 3 nitrogen and oxygen atoms in total. The fourth-order valence-corrected chi connectivity index (χ4v) is 2.33. The lowest BCUT2D eigenvalue weighted by Crippen LogP contribution is -1.97. The van der Waals surface area contributed by atoms with Gasteiger partial charge in [0.2, 0.25) is 0 Å². The summed E-state index contributed by atoms with van der Waals surface area (Å²) in [6, 6.07) is 14.3. The van der Waals surface area contributed by atoms with Crippen LogP contribution in [-0.4, -0.2) is 4.98 Å². The van der Waals surface area contributed by atoms with Gasteiger partial charge in [-0.2, -0.15) is 5.26 Å². The first kappa shape index (κ1) is 13.5. The van der Waals surface area contributed by atoms with Crippen molar-refractivity contribution in [2.75, 3.05) is 5.32 Å². The lowest BCUT2D eigenvalue weighted by Gasteiger charge is -2.11. The van der Waals surface area contributed by atoms with Gasteiger partial charge in [0, 0.05) is 17.3 Å². The van der Waals surface area contributed by atoms with Gasteiger partial charge >= 0.3 is 0 Å². The third-order valence-corrected chi connectivity index (χ3v) is 3.73. The first-order valence-corrected chi connectivity index (χ1v) is 6.98. The first-order chi connectivity index (χ1) is 10.2. The molecule has 0 aliphatic heterocycles. The van der Waals surface area contributed by atoms with Crippen molar-refractivity contribution in [2.45, 2.75) is 0 Å². The molecule has 0 aliphatic carbocycles. The van der Waals surface area contributed by atoms with Gasteiger partial charge in [-0.3, -0.25) is 4.98 Å². The van der Waals surface area contributed by atoms with Gasteiger partial charge in [-0.1, -0.05) is 18.2 Å². The number of para-hydroxylation sites is 1. The van der Waals surface area contributed by atoms with Gasteiger partial charge in [-0.15, -0.1) is 0 Å². The molecule has 0 atom stereocenters. The van der Waals surface area contributed by atoms with E-state index in [2.05, 4.69) is 32.3 Å². The molecule has 0 saturated carbocycles. The van der Waals surface area contributed by atoms with Crippen molar-refractivity contribution in [3.8, 4) is 6.07 Å². The number of nitrogens with zero attached hydrogens (tertiary/aromatic N) is 2. The summed E-state index contributed by atoms with van der Waals surface area (Å²) in [6.07, 6.45) is 1.51. The monoisotopic (exact) mass is 341 g/mol. The molecule has 0 bridgehead atoms. The minimum absolute atomic E-state index is 0.364. The van der Waals surface area contributed by atoms with E-state index in [0.29, 0.717) is 21.4 Å². The molecule has 2 aromatic carbocycles. The number of nitriles is 1. The zero-order chi connectivity index (χ0) is 14.8. The van der Waals surface area contributed by atoms with Crippen LogP contribution in [0.3, 0.4) is 0 Å². The third kappa shape index (κ3) is 2.58.